The van der Waals surface area contributed by atoms with Crippen LogP contribution in [0.4, 0.5) is 4.39 Å². The Morgan fingerprint density at radius 2 is 2.33 bits per heavy atom. The average molecular weight is 209 g/mol. The van der Waals surface area contributed by atoms with Crippen LogP contribution in [0.1, 0.15) is 23.5 Å². The predicted molar refractivity (Wildman–Crippen MR) is 57.5 cm³/mol. The topological polar surface area (TPSA) is 32.3 Å². The molecule has 1 heterocycles. The first kappa shape index (κ1) is 10.6. The molecular formula is C12H16FNO. The third-order valence-corrected chi connectivity index (χ3v) is 2.97. The van der Waals surface area contributed by atoms with Crippen LogP contribution in [0.3, 0.4) is 0 Å². The molecule has 2 nitrogen and oxygen atoms in total. The summed E-state index contributed by atoms with van der Waals surface area (Å²) in [5, 5.41) is 12.1. The number of hydrogen-bond acceptors (Lipinski definition) is 2. The Bertz CT molecular complexity index is 329. The largest absolute Gasteiger partial charge is 0.392 e. The number of benzene rings is 1. The van der Waals surface area contributed by atoms with Gasteiger partial charge in [0.1, 0.15) is 6.17 Å². The minimum Gasteiger partial charge on any atom is -0.392 e. The van der Waals surface area contributed by atoms with E-state index in [1.54, 1.807) is 0 Å². The Morgan fingerprint density at radius 1 is 1.47 bits per heavy atom. The molecular weight excluding hydrogens is 193 g/mol. The minimum absolute atomic E-state index is 0.0160. The Labute approximate surface area is 89.1 Å². The highest BCUT2D eigenvalue weighted by Crippen LogP contribution is 2.28. The minimum atomic E-state index is -0.812. The molecule has 1 aromatic rings. The molecule has 2 atom stereocenters. The number of piperidine rings is 1. The molecule has 2 unspecified atom stereocenters. The van der Waals surface area contributed by atoms with Crippen LogP contribution in [0.25, 0.3) is 0 Å². The van der Waals surface area contributed by atoms with E-state index in [9.17, 15) is 4.39 Å². The van der Waals surface area contributed by atoms with Gasteiger partial charge in [-0.25, -0.2) is 4.39 Å². The molecule has 1 aromatic carbocycles. The number of hydrogen-bond donors (Lipinski definition) is 2. The van der Waals surface area contributed by atoms with Crippen LogP contribution in [0.2, 0.25) is 0 Å². The lowest BCUT2D eigenvalue weighted by molar-refractivity contribution is 0.231. The predicted octanol–water partition coefficient (Wildman–Crippen LogP) is 1.59. The number of halogens is 1. The van der Waals surface area contributed by atoms with Gasteiger partial charge in [0.2, 0.25) is 0 Å². The van der Waals surface area contributed by atoms with E-state index >= 15 is 0 Å². The first-order chi connectivity index (χ1) is 7.31. The van der Waals surface area contributed by atoms with Crippen molar-refractivity contribution in [2.24, 2.45) is 0 Å². The smallest absolute Gasteiger partial charge is 0.119 e. The van der Waals surface area contributed by atoms with Gasteiger partial charge in [-0.1, -0.05) is 24.3 Å². The highest BCUT2D eigenvalue weighted by molar-refractivity contribution is 5.27. The summed E-state index contributed by atoms with van der Waals surface area (Å²) in [7, 11) is 0. The van der Waals surface area contributed by atoms with E-state index in [1.165, 1.54) is 0 Å². The molecule has 15 heavy (non-hydrogen) atoms. The Kier molecular flexibility index (Phi) is 3.34. The molecule has 2 N–H and O–H groups in total. The van der Waals surface area contributed by atoms with E-state index in [0.717, 1.165) is 24.1 Å². The molecule has 0 radical (unpaired) electrons. The fraction of sp³-hybridized carbons (Fsp3) is 0.500. The third-order valence-electron chi connectivity index (χ3n) is 2.97. The van der Waals surface area contributed by atoms with Crippen LogP contribution < -0.4 is 5.32 Å². The van der Waals surface area contributed by atoms with E-state index in [0.29, 0.717) is 6.54 Å². The van der Waals surface area contributed by atoms with Gasteiger partial charge in [0.25, 0.3) is 0 Å². The van der Waals surface area contributed by atoms with Gasteiger partial charge in [-0.2, -0.15) is 0 Å². The van der Waals surface area contributed by atoms with Crippen LogP contribution in [-0.2, 0) is 6.61 Å². The maximum Gasteiger partial charge on any atom is 0.119 e. The lowest BCUT2D eigenvalue weighted by Gasteiger charge is -2.27. The van der Waals surface area contributed by atoms with Gasteiger partial charge >= 0.3 is 0 Å². The molecule has 0 bridgehead atoms. The van der Waals surface area contributed by atoms with Crippen LogP contribution in [0.5, 0.6) is 0 Å². The second kappa shape index (κ2) is 4.73. The number of aliphatic hydroxyl groups excluding tert-OH is 1. The zero-order valence-corrected chi connectivity index (χ0v) is 8.62. The average Bonchev–Trinajstić information content (AvgIpc) is 2.30. The molecule has 1 fully saturated rings. The summed E-state index contributed by atoms with van der Waals surface area (Å²) in [5.41, 5.74) is 1.87. The Balaban J connectivity index is 2.19. The maximum atomic E-state index is 13.6. The van der Waals surface area contributed by atoms with Gasteiger partial charge in [-0.3, -0.25) is 0 Å². The molecule has 0 spiro atoms. The normalized spacial score (nSPS) is 26.5. The van der Waals surface area contributed by atoms with Crippen molar-refractivity contribution < 1.29 is 9.50 Å². The molecule has 0 aromatic heterocycles. The van der Waals surface area contributed by atoms with E-state index in [-0.39, 0.29) is 12.5 Å². The van der Waals surface area contributed by atoms with Crippen LogP contribution in [0.15, 0.2) is 24.3 Å². The lowest BCUT2D eigenvalue weighted by atomic mass is 9.88. The highest BCUT2D eigenvalue weighted by atomic mass is 19.1. The molecule has 1 saturated heterocycles. The van der Waals surface area contributed by atoms with Gasteiger partial charge in [-0.15, -0.1) is 0 Å². The summed E-state index contributed by atoms with van der Waals surface area (Å²) in [5.74, 6) is -0.0160. The lowest BCUT2D eigenvalue weighted by Crippen LogP contribution is -2.36. The van der Waals surface area contributed by atoms with Gasteiger partial charge in [0.05, 0.1) is 6.61 Å². The van der Waals surface area contributed by atoms with Crippen LogP contribution in [0, 0.1) is 0 Å². The second-order valence-electron chi connectivity index (χ2n) is 4.02. The molecule has 3 heteroatoms. The maximum absolute atomic E-state index is 13.6. The number of aliphatic hydroxyl groups is 1. The zero-order valence-electron chi connectivity index (χ0n) is 8.62. The fourth-order valence-corrected chi connectivity index (χ4v) is 2.12. The summed E-state index contributed by atoms with van der Waals surface area (Å²) in [6, 6.07) is 7.59. The summed E-state index contributed by atoms with van der Waals surface area (Å²) >= 11 is 0. The van der Waals surface area contributed by atoms with E-state index in [1.807, 2.05) is 24.3 Å². The SMILES string of the molecule is OCc1cccc(C2CCNCC2F)c1. The van der Waals surface area contributed by atoms with Crippen molar-refractivity contribution in [2.45, 2.75) is 25.1 Å². The van der Waals surface area contributed by atoms with Gasteiger partial charge in [-0.05, 0) is 24.1 Å². The summed E-state index contributed by atoms with van der Waals surface area (Å²) < 4.78 is 13.6. The summed E-state index contributed by atoms with van der Waals surface area (Å²) in [6.07, 6.45) is 0.0171. The fourth-order valence-electron chi connectivity index (χ4n) is 2.12. The monoisotopic (exact) mass is 209 g/mol. The molecule has 1 aliphatic heterocycles. The molecule has 2 rings (SSSR count). The van der Waals surface area contributed by atoms with Gasteiger partial charge < -0.3 is 10.4 Å². The van der Waals surface area contributed by atoms with Crippen molar-refractivity contribution in [3.05, 3.63) is 35.4 Å². The molecule has 82 valence electrons. The van der Waals surface area contributed by atoms with Crippen LogP contribution >= 0.6 is 0 Å². The van der Waals surface area contributed by atoms with Gasteiger partial charge in [0, 0.05) is 12.5 Å². The quantitative estimate of drug-likeness (QED) is 0.775. The molecule has 0 amide bonds. The molecule has 1 aliphatic rings. The van der Waals surface area contributed by atoms with Crippen LogP contribution in [-0.4, -0.2) is 24.4 Å². The summed E-state index contributed by atoms with van der Waals surface area (Å²) in [4.78, 5) is 0. The second-order valence-corrected chi connectivity index (χ2v) is 4.02. The van der Waals surface area contributed by atoms with Crippen molar-refractivity contribution in [3.63, 3.8) is 0 Å². The van der Waals surface area contributed by atoms with Crippen molar-refractivity contribution in [1.29, 1.82) is 0 Å². The number of rotatable bonds is 2. The third kappa shape index (κ3) is 2.36. The summed E-state index contributed by atoms with van der Waals surface area (Å²) in [6.45, 7) is 1.33. The van der Waals surface area contributed by atoms with Crippen molar-refractivity contribution >= 4 is 0 Å². The Hall–Kier alpha value is -0.930. The standard InChI is InChI=1S/C12H16FNO/c13-12-7-14-5-4-11(12)10-3-1-2-9(6-10)8-15/h1-3,6,11-12,14-15H,4-5,7-8H2. The molecule has 0 aliphatic carbocycles. The highest BCUT2D eigenvalue weighted by Gasteiger charge is 2.25. The number of nitrogens with one attached hydrogen (secondary N) is 1. The van der Waals surface area contributed by atoms with Gasteiger partial charge in [0.15, 0.2) is 0 Å². The van der Waals surface area contributed by atoms with E-state index in [4.69, 9.17) is 5.11 Å². The van der Waals surface area contributed by atoms with Crippen molar-refractivity contribution in [1.82, 2.24) is 5.32 Å². The van der Waals surface area contributed by atoms with E-state index < -0.39 is 6.17 Å². The van der Waals surface area contributed by atoms with E-state index in [2.05, 4.69) is 5.32 Å². The Morgan fingerprint density at radius 3 is 3.07 bits per heavy atom. The van der Waals surface area contributed by atoms with Crippen molar-refractivity contribution in [3.8, 4) is 0 Å². The first-order valence-corrected chi connectivity index (χ1v) is 5.35. The zero-order chi connectivity index (χ0) is 10.7. The van der Waals surface area contributed by atoms with Crippen molar-refractivity contribution in [2.75, 3.05) is 13.1 Å². The molecule has 0 saturated carbocycles. The number of alkyl halides is 1. The first-order valence-electron chi connectivity index (χ1n) is 5.35.